The number of ketones is 1. The summed E-state index contributed by atoms with van der Waals surface area (Å²) in [5.41, 5.74) is 0. The Labute approximate surface area is 263 Å². The van der Waals surface area contributed by atoms with Crippen molar-refractivity contribution in [2.24, 2.45) is 17.8 Å². The minimum absolute atomic E-state index is 0.0270. The van der Waals surface area contributed by atoms with E-state index in [1.807, 2.05) is 25.2 Å². The second kappa shape index (κ2) is 16.3. The molecule has 2 fully saturated rings. The maximum absolute atomic E-state index is 12.9. The SMILES string of the molecule is COC(=O)c1ccc(CCC[C@@H]2[C@@H](/C=C/C(=O)CCC[C@@H](C)CC(C)(C)[Si](C)(C)O)[C@H](OC3CCCCO3)C[C@H]2Cl)s1. The van der Waals surface area contributed by atoms with Crippen molar-refractivity contribution in [2.45, 2.75) is 127 Å². The van der Waals surface area contributed by atoms with Gasteiger partial charge >= 0.3 is 5.97 Å². The number of hydrogen-bond acceptors (Lipinski definition) is 7. The number of hydrogen-bond donors (Lipinski definition) is 1. The van der Waals surface area contributed by atoms with Gasteiger partial charge in [0.2, 0.25) is 0 Å². The van der Waals surface area contributed by atoms with Gasteiger partial charge in [0.15, 0.2) is 20.4 Å². The lowest BCUT2D eigenvalue weighted by Crippen LogP contribution is -2.39. The van der Waals surface area contributed by atoms with Gasteiger partial charge in [0.1, 0.15) is 4.88 Å². The molecule has 1 saturated heterocycles. The van der Waals surface area contributed by atoms with Crippen molar-refractivity contribution >= 4 is 43.0 Å². The molecule has 0 bridgehead atoms. The van der Waals surface area contributed by atoms with Crippen molar-refractivity contribution in [3.63, 3.8) is 0 Å². The van der Waals surface area contributed by atoms with Crippen molar-refractivity contribution in [2.75, 3.05) is 13.7 Å². The molecule has 1 aliphatic carbocycles. The summed E-state index contributed by atoms with van der Waals surface area (Å²) in [6.45, 7) is 11.3. The standard InChI is InChI=1S/C33H53ClO6SSi/c1-23(22-33(2,3)42(5,6)37)11-9-12-24(35)16-18-27-26(14-10-13-25-17-19-30(41-25)32(36)38-4)28(34)21-29(27)40-31-15-7-8-20-39-31/h16-19,23,26-29,31,37H,7-15,20-22H2,1-6H3/b18-16+/t23-,26-,27-,28-,29-,31?/m1/s1. The summed E-state index contributed by atoms with van der Waals surface area (Å²) in [7, 11) is -0.831. The fraction of sp³-hybridized carbons (Fsp3) is 0.758. The molecule has 1 unspecified atom stereocenters. The monoisotopic (exact) mass is 640 g/mol. The zero-order valence-corrected chi connectivity index (χ0v) is 29.1. The Hall–Kier alpha value is -1.03. The molecule has 1 aromatic rings. The highest BCUT2D eigenvalue weighted by atomic mass is 35.5. The molecule has 1 saturated carbocycles. The lowest BCUT2D eigenvalue weighted by molar-refractivity contribution is -0.192. The van der Waals surface area contributed by atoms with Crippen molar-refractivity contribution in [3.05, 3.63) is 34.0 Å². The van der Waals surface area contributed by atoms with Crippen LogP contribution in [0.15, 0.2) is 24.3 Å². The molecule has 9 heteroatoms. The van der Waals surface area contributed by atoms with Gasteiger partial charge < -0.3 is 19.0 Å². The molecule has 6 atom stereocenters. The number of rotatable bonds is 16. The number of methoxy groups -OCH3 is 1. The van der Waals surface area contributed by atoms with E-state index in [9.17, 15) is 14.4 Å². The number of thiophene rings is 1. The molecule has 1 aromatic heterocycles. The van der Waals surface area contributed by atoms with E-state index in [1.54, 1.807) is 6.08 Å². The number of halogens is 1. The zero-order valence-electron chi connectivity index (χ0n) is 26.5. The molecular weight excluding hydrogens is 588 g/mol. The Morgan fingerprint density at radius 1 is 1.26 bits per heavy atom. The normalized spacial score (nSPS) is 26.0. The molecule has 238 valence electrons. The van der Waals surface area contributed by atoms with Gasteiger partial charge in [-0.2, -0.15) is 0 Å². The van der Waals surface area contributed by atoms with E-state index in [0.29, 0.717) is 17.2 Å². The van der Waals surface area contributed by atoms with E-state index < -0.39 is 8.32 Å². The lowest BCUT2D eigenvalue weighted by atomic mass is 9.88. The molecule has 1 N–H and O–H groups in total. The highest BCUT2D eigenvalue weighted by molar-refractivity contribution is 7.13. The van der Waals surface area contributed by atoms with Crippen LogP contribution >= 0.6 is 22.9 Å². The highest BCUT2D eigenvalue weighted by Crippen LogP contribution is 2.44. The Kier molecular flexibility index (Phi) is 13.8. The van der Waals surface area contributed by atoms with Crippen LogP contribution in [-0.4, -0.2) is 56.4 Å². The topological polar surface area (TPSA) is 82.1 Å². The van der Waals surface area contributed by atoms with Gasteiger partial charge in [-0.1, -0.05) is 33.3 Å². The first-order valence-corrected chi connectivity index (χ1v) is 20.0. The number of alkyl halides is 1. The largest absolute Gasteiger partial charge is 0.465 e. The van der Waals surface area contributed by atoms with Crippen molar-refractivity contribution in [1.29, 1.82) is 0 Å². The molecule has 6 nitrogen and oxygen atoms in total. The summed E-state index contributed by atoms with van der Waals surface area (Å²) in [5, 5.41) is -0.0725. The maximum Gasteiger partial charge on any atom is 0.348 e. The molecule has 0 spiro atoms. The second-order valence-corrected chi connectivity index (χ2v) is 19.8. The Balaban J connectivity index is 1.57. The van der Waals surface area contributed by atoms with Crippen molar-refractivity contribution in [1.82, 2.24) is 0 Å². The van der Waals surface area contributed by atoms with Gasteiger partial charge in [-0.25, -0.2) is 4.79 Å². The first kappa shape index (κ1) is 35.4. The van der Waals surface area contributed by atoms with Crippen LogP contribution in [0.2, 0.25) is 18.1 Å². The fourth-order valence-electron chi connectivity index (χ4n) is 6.25. The Bertz CT molecular complexity index is 1030. The Morgan fingerprint density at radius 2 is 2.02 bits per heavy atom. The van der Waals surface area contributed by atoms with Crippen LogP contribution in [0.4, 0.5) is 0 Å². The number of ether oxygens (including phenoxy) is 3. The van der Waals surface area contributed by atoms with Crippen molar-refractivity contribution < 1.29 is 28.6 Å². The van der Waals surface area contributed by atoms with E-state index in [2.05, 4.69) is 26.8 Å². The maximum atomic E-state index is 12.9. The number of carbonyl (C=O) groups is 2. The number of aryl methyl sites for hydroxylation is 1. The molecule has 42 heavy (non-hydrogen) atoms. The fourth-order valence-corrected chi connectivity index (χ4v) is 8.54. The molecule has 0 aromatic carbocycles. The third-order valence-corrected chi connectivity index (χ3v) is 14.6. The second-order valence-electron chi connectivity index (χ2n) is 13.6. The van der Waals surface area contributed by atoms with Crippen LogP contribution in [0.3, 0.4) is 0 Å². The van der Waals surface area contributed by atoms with Gasteiger partial charge in [-0.05, 0) is 106 Å². The molecule has 0 amide bonds. The summed E-state index contributed by atoms with van der Waals surface area (Å²) < 4.78 is 17.2. The first-order chi connectivity index (χ1) is 19.8. The van der Waals surface area contributed by atoms with Gasteiger partial charge in [0.25, 0.3) is 0 Å². The Morgan fingerprint density at radius 3 is 2.69 bits per heavy atom. The van der Waals surface area contributed by atoms with Crippen molar-refractivity contribution in [3.8, 4) is 0 Å². The van der Waals surface area contributed by atoms with Crippen LogP contribution in [0, 0.1) is 17.8 Å². The van der Waals surface area contributed by atoms with E-state index in [1.165, 1.54) is 18.4 Å². The van der Waals surface area contributed by atoms with E-state index in [4.69, 9.17) is 25.8 Å². The minimum Gasteiger partial charge on any atom is -0.465 e. The molecule has 3 rings (SSSR count). The molecule has 1 aliphatic heterocycles. The summed E-state index contributed by atoms with van der Waals surface area (Å²) in [6, 6.07) is 3.83. The number of esters is 1. The summed E-state index contributed by atoms with van der Waals surface area (Å²) in [4.78, 5) is 37.2. The van der Waals surface area contributed by atoms with Gasteiger partial charge in [-0.3, -0.25) is 4.79 Å². The van der Waals surface area contributed by atoms with Gasteiger partial charge in [0.05, 0.1) is 13.2 Å². The minimum atomic E-state index is -2.23. The quantitative estimate of drug-likeness (QED) is 0.0847. The lowest BCUT2D eigenvalue weighted by Gasteiger charge is -2.37. The smallest absolute Gasteiger partial charge is 0.348 e. The van der Waals surface area contributed by atoms with E-state index in [0.717, 1.165) is 75.7 Å². The van der Waals surface area contributed by atoms with E-state index >= 15 is 0 Å². The van der Waals surface area contributed by atoms with Gasteiger partial charge in [0, 0.05) is 29.2 Å². The third kappa shape index (κ3) is 10.6. The van der Waals surface area contributed by atoms with Gasteiger partial charge in [-0.15, -0.1) is 22.9 Å². The van der Waals surface area contributed by atoms with Crippen LogP contribution < -0.4 is 0 Å². The van der Waals surface area contributed by atoms with Crippen LogP contribution in [-0.2, 0) is 25.4 Å². The zero-order chi connectivity index (χ0) is 30.9. The molecular formula is C33H53ClO6SSi. The average Bonchev–Trinajstić information content (AvgIpc) is 3.51. The molecule has 0 radical (unpaired) electrons. The van der Waals surface area contributed by atoms with Crippen LogP contribution in [0.1, 0.15) is 99.5 Å². The highest BCUT2D eigenvalue weighted by Gasteiger charge is 2.43. The summed E-state index contributed by atoms with van der Waals surface area (Å²) in [5.74, 6) is 0.589. The predicted molar refractivity (Wildman–Crippen MR) is 174 cm³/mol. The number of carbonyl (C=O) groups excluding carboxylic acids is 2. The molecule has 2 aliphatic rings. The average molecular weight is 641 g/mol. The summed E-state index contributed by atoms with van der Waals surface area (Å²) >= 11 is 8.42. The van der Waals surface area contributed by atoms with Crippen LogP contribution in [0.25, 0.3) is 0 Å². The third-order valence-electron chi connectivity index (χ3n) is 9.46. The molecule has 2 heterocycles. The van der Waals surface area contributed by atoms with E-state index in [-0.39, 0.29) is 46.4 Å². The first-order valence-electron chi connectivity index (χ1n) is 15.8. The number of allylic oxidation sites excluding steroid dienone is 1. The van der Waals surface area contributed by atoms with Crippen LogP contribution in [0.5, 0.6) is 0 Å². The summed E-state index contributed by atoms with van der Waals surface area (Å²) in [6.07, 6.45) is 13.5. The predicted octanol–water partition coefficient (Wildman–Crippen LogP) is 8.31.